The molecule has 2 rings (SSSR count). The zero-order chi connectivity index (χ0) is 12.1. The van der Waals surface area contributed by atoms with Crippen molar-refractivity contribution in [2.24, 2.45) is 5.10 Å². The van der Waals surface area contributed by atoms with E-state index >= 15 is 0 Å². The van der Waals surface area contributed by atoms with E-state index in [0.29, 0.717) is 11.3 Å². The van der Waals surface area contributed by atoms with E-state index in [1.807, 2.05) is 6.07 Å². The van der Waals surface area contributed by atoms with Gasteiger partial charge in [0.1, 0.15) is 5.76 Å². The Balaban J connectivity index is 1.95. The lowest BCUT2D eigenvalue weighted by molar-refractivity contribution is 0.0955. The SMILES string of the molecule is O=C(N/N=C/c1ccc(I)o1)c1ccncc1. The number of amides is 1. The molecule has 0 atom stereocenters. The van der Waals surface area contributed by atoms with E-state index in [1.54, 1.807) is 30.6 Å². The fourth-order valence-electron chi connectivity index (χ4n) is 1.12. The maximum Gasteiger partial charge on any atom is 0.271 e. The van der Waals surface area contributed by atoms with Crippen LogP contribution in [0, 0.1) is 3.77 Å². The molecule has 2 aromatic heterocycles. The van der Waals surface area contributed by atoms with Crippen LogP contribution in [0.25, 0.3) is 0 Å². The zero-order valence-corrected chi connectivity index (χ0v) is 10.8. The maximum absolute atomic E-state index is 11.6. The molecule has 0 radical (unpaired) electrons. The lowest BCUT2D eigenvalue weighted by atomic mass is 10.3. The monoisotopic (exact) mass is 341 g/mol. The van der Waals surface area contributed by atoms with Gasteiger partial charge in [-0.1, -0.05) is 0 Å². The molecule has 0 saturated carbocycles. The van der Waals surface area contributed by atoms with Crippen LogP contribution in [0.5, 0.6) is 0 Å². The number of nitrogens with zero attached hydrogens (tertiary/aromatic N) is 2. The van der Waals surface area contributed by atoms with Gasteiger partial charge in [-0.25, -0.2) is 5.43 Å². The van der Waals surface area contributed by atoms with Gasteiger partial charge in [-0.2, -0.15) is 5.10 Å². The lowest BCUT2D eigenvalue weighted by Gasteiger charge is -1.97. The van der Waals surface area contributed by atoms with E-state index in [9.17, 15) is 4.79 Å². The van der Waals surface area contributed by atoms with Crippen molar-refractivity contribution in [2.45, 2.75) is 0 Å². The molecule has 0 aromatic carbocycles. The summed E-state index contributed by atoms with van der Waals surface area (Å²) >= 11 is 2.05. The molecule has 2 heterocycles. The number of halogens is 1. The summed E-state index contributed by atoms with van der Waals surface area (Å²) in [5.41, 5.74) is 2.90. The zero-order valence-electron chi connectivity index (χ0n) is 8.63. The number of hydrogen-bond donors (Lipinski definition) is 1. The van der Waals surface area contributed by atoms with Crippen LogP contribution in [0.15, 0.2) is 46.2 Å². The van der Waals surface area contributed by atoms with Crippen LogP contribution in [-0.4, -0.2) is 17.1 Å². The Morgan fingerprint density at radius 1 is 1.35 bits per heavy atom. The number of rotatable bonds is 3. The first-order valence-electron chi connectivity index (χ1n) is 4.74. The highest BCUT2D eigenvalue weighted by Gasteiger charge is 2.02. The maximum atomic E-state index is 11.6. The average molecular weight is 341 g/mol. The number of furan rings is 1. The lowest BCUT2D eigenvalue weighted by Crippen LogP contribution is -2.17. The second-order valence-electron chi connectivity index (χ2n) is 3.08. The number of aromatic nitrogens is 1. The summed E-state index contributed by atoms with van der Waals surface area (Å²) in [7, 11) is 0. The summed E-state index contributed by atoms with van der Waals surface area (Å²) in [6.45, 7) is 0. The van der Waals surface area contributed by atoms with Gasteiger partial charge < -0.3 is 4.42 Å². The van der Waals surface area contributed by atoms with Crippen LogP contribution in [-0.2, 0) is 0 Å². The minimum absolute atomic E-state index is 0.287. The number of carbonyl (C=O) groups excluding carboxylic acids is 1. The van der Waals surface area contributed by atoms with Crippen molar-refractivity contribution in [3.8, 4) is 0 Å². The molecule has 17 heavy (non-hydrogen) atoms. The van der Waals surface area contributed by atoms with Crippen LogP contribution in [0.2, 0.25) is 0 Å². The fraction of sp³-hybridized carbons (Fsp3) is 0. The summed E-state index contributed by atoms with van der Waals surface area (Å²) in [6, 6.07) is 6.80. The molecule has 1 N–H and O–H groups in total. The first kappa shape index (κ1) is 11.8. The fourth-order valence-corrected chi connectivity index (χ4v) is 1.55. The third kappa shape index (κ3) is 3.38. The van der Waals surface area contributed by atoms with Gasteiger partial charge in [-0.15, -0.1) is 0 Å². The van der Waals surface area contributed by atoms with E-state index in [2.05, 4.69) is 38.1 Å². The third-order valence-electron chi connectivity index (χ3n) is 1.89. The van der Waals surface area contributed by atoms with Gasteiger partial charge in [0.2, 0.25) is 0 Å². The molecular formula is C11H8IN3O2. The molecule has 6 heteroatoms. The highest BCUT2D eigenvalue weighted by atomic mass is 127. The standard InChI is InChI=1S/C11H8IN3O2/c12-10-2-1-9(17-10)7-14-15-11(16)8-3-5-13-6-4-8/h1-7H,(H,15,16)/b14-7+. The molecule has 0 unspecified atom stereocenters. The van der Waals surface area contributed by atoms with Crippen molar-refractivity contribution < 1.29 is 9.21 Å². The van der Waals surface area contributed by atoms with Gasteiger partial charge in [-0.3, -0.25) is 9.78 Å². The molecule has 0 spiro atoms. The third-order valence-corrected chi connectivity index (χ3v) is 2.47. The predicted octanol–water partition coefficient (Wildman–Crippen LogP) is 2.04. The second-order valence-corrected chi connectivity index (χ2v) is 4.14. The minimum atomic E-state index is -0.287. The molecule has 0 saturated heterocycles. The van der Waals surface area contributed by atoms with Crippen LogP contribution < -0.4 is 5.43 Å². The van der Waals surface area contributed by atoms with Gasteiger partial charge in [-0.05, 0) is 46.9 Å². The van der Waals surface area contributed by atoms with Gasteiger partial charge in [0.25, 0.3) is 5.91 Å². The van der Waals surface area contributed by atoms with Gasteiger partial charge in [0.05, 0.1) is 6.21 Å². The van der Waals surface area contributed by atoms with Crippen molar-refractivity contribution in [1.82, 2.24) is 10.4 Å². The molecule has 5 nitrogen and oxygen atoms in total. The Kier molecular flexibility index (Phi) is 3.86. The number of hydrogen-bond acceptors (Lipinski definition) is 4. The summed E-state index contributed by atoms with van der Waals surface area (Å²) in [5.74, 6) is 0.300. The molecule has 0 bridgehead atoms. The summed E-state index contributed by atoms with van der Waals surface area (Å²) in [4.78, 5) is 15.4. The van der Waals surface area contributed by atoms with Crippen LogP contribution in [0.1, 0.15) is 16.1 Å². The number of carbonyl (C=O) groups is 1. The van der Waals surface area contributed by atoms with Crippen molar-refractivity contribution in [1.29, 1.82) is 0 Å². The summed E-state index contributed by atoms with van der Waals surface area (Å²) < 4.78 is 6.02. The predicted molar refractivity (Wildman–Crippen MR) is 70.7 cm³/mol. The van der Waals surface area contributed by atoms with E-state index in [0.717, 1.165) is 3.77 Å². The van der Waals surface area contributed by atoms with Gasteiger partial charge >= 0.3 is 0 Å². The van der Waals surface area contributed by atoms with E-state index in [4.69, 9.17) is 4.42 Å². The van der Waals surface area contributed by atoms with Crippen LogP contribution in [0.4, 0.5) is 0 Å². The van der Waals surface area contributed by atoms with E-state index in [-0.39, 0.29) is 5.91 Å². The molecule has 1 amide bonds. The summed E-state index contributed by atoms with van der Waals surface area (Å²) in [5, 5.41) is 3.79. The largest absolute Gasteiger partial charge is 0.449 e. The number of pyridine rings is 1. The highest BCUT2D eigenvalue weighted by molar-refractivity contribution is 14.1. The Bertz CT molecular complexity index is 537. The molecule has 2 aromatic rings. The Morgan fingerprint density at radius 2 is 2.12 bits per heavy atom. The topological polar surface area (TPSA) is 67.5 Å². The second kappa shape index (κ2) is 5.58. The van der Waals surface area contributed by atoms with E-state index in [1.165, 1.54) is 6.21 Å². The first-order chi connectivity index (χ1) is 8.25. The summed E-state index contributed by atoms with van der Waals surface area (Å²) in [6.07, 6.45) is 4.54. The van der Waals surface area contributed by atoms with Gasteiger partial charge in [0, 0.05) is 18.0 Å². The van der Waals surface area contributed by atoms with Crippen LogP contribution in [0.3, 0.4) is 0 Å². The van der Waals surface area contributed by atoms with Crippen molar-refractivity contribution in [3.05, 3.63) is 51.7 Å². The molecule has 0 fully saturated rings. The number of nitrogens with one attached hydrogen (secondary N) is 1. The average Bonchev–Trinajstić information content (AvgIpc) is 2.76. The minimum Gasteiger partial charge on any atom is -0.449 e. The quantitative estimate of drug-likeness (QED) is 0.528. The Hall–Kier alpha value is -1.70. The van der Waals surface area contributed by atoms with Crippen molar-refractivity contribution >= 4 is 34.7 Å². The van der Waals surface area contributed by atoms with Crippen molar-refractivity contribution in [3.63, 3.8) is 0 Å². The normalized spacial score (nSPS) is 10.6. The Labute approximate surface area is 111 Å². The molecule has 0 aliphatic rings. The Morgan fingerprint density at radius 3 is 2.76 bits per heavy atom. The van der Waals surface area contributed by atoms with Crippen LogP contribution >= 0.6 is 22.6 Å². The first-order valence-corrected chi connectivity index (χ1v) is 5.82. The highest BCUT2D eigenvalue weighted by Crippen LogP contribution is 2.07. The molecule has 0 aliphatic carbocycles. The molecular weight excluding hydrogens is 333 g/mol. The smallest absolute Gasteiger partial charge is 0.271 e. The molecule has 0 aliphatic heterocycles. The van der Waals surface area contributed by atoms with Crippen molar-refractivity contribution in [2.75, 3.05) is 0 Å². The van der Waals surface area contributed by atoms with Gasteiger partial charge in [0.15, 0.2) is 3.77 Å². The number of hydrazone groups is 1. The molecule has 86 valence electrons. The van der Waals surface area contributed by atoms with E-state index < -0.39 is 0 Å².